The third-order valence-corrected chi connectivity index (χ3v) is 4.19. The van der Waals surface area contributed by atoms with Crippen molar-refractivity contribution in [3.8, 4) is 34.4 Å². The molecule has 3 N–H and O–H groups in total. The van der Waals surface area contributed by atoms with Crippen molar-refractivity contribution in [1.29, 1.82) is 10.5 Å². The number of anilines is 1. The predicted octanol–water partition coefficient (Wildman–Crippen LogP) is 4.05. The average molecular weight is 380 g/mol. The maximum absolute atomic E-state index is 13.5. The summed E-state index contributed by atoms with van der Waals surface area (Å²) in [7, 11) is 0. The fraction of sp³-hybridized carbons (Fsp3) is 0.0500. The van der Waals surface area contributed by atoms with Crippen LogP contribution in [-0.4, -0.2) is 4.98 Å². The van der Waals surface area contributed by atoms with Crippen LogP contribution in [0.1, 0.15) is 16.7 Å². The van der Waals surface area contributed by atoms with E-state index >= 15 is 0 Å². The van der Waals surface area contributed by atoms with E-state index in [-0.39, 0.29) is 33.6 Å². The Morgan fingerprint density at radius 2 is 1.39 bits per heavy atom. The van der Waals surface area contributed by atoms with Gasteiger partial charge in [0, 0.05) is 5.56 Å². The molecule has 0 saturated carbocycles. The van der Waals surface area contributed by atoms with Crippen LogP contribution in [0.3, 0.4) is 0 Å². The highest BCUT2D eigenvalue weighted by molar-refractivity contribution is 5.91. The average Bonchev–Trinajstić information content (AvgIpc) is 2.67. The van der Waals surface area contributed by atoms with Gasteiger partial charge in [0.25, 0.3) is 5.56 Å². The number of nitrogens with one attached hydrogen (secondary N) is 1. The molecule has 0 atom stereocenters. The second-order valence-electron chi connectivity index (χ2n) is 5.81. The van der Waals surface area contributed by atoms with E-state index in [9.17, 15) is 28.5 Å². The number of hydrogen-bond donors (Lipinski definition) is 2. The number of halogens is 3. The number of aromatic nitrogens is 1. The summed E-state index contributed by atoms with van der Waals surface area (Å²) < 4.78 is 40.5. The Kier molecular flexibility index (Phi) is 4.64. The van der Waals surface area contributed by atoms with Gasteiger partial charge in [-0.15, -0.1) is 0 Å². The van der Waals surface area contributed by atoms with Gasteiger partial charge >= 0.3 is 6.18 Å². The number of nitrogen functional groups attached to an aromatic ring is 1. The molecule has 0 aliphatic carbocycles. The van der Waals surface area contributed by atoms with E-state index in [1.54, 1.807) is 6.07 Å². The molecule has 0 fully saturated rings. The van der Waals surface area contributed by atoms with Crippen molar-refractivity contribution in [3.63, 3.8) is 0 Å². The van der Waals surface area contributed by atoms with Crippen molar-refractivity contribution in [3.05, 3.63) is 75.6 Å². The Morgan fingerprint density at radius 1 is 0.857 bits per heavy atom. The van der Waals surface area contributed by atoms with Crippen LogP contribution in [0.4, 0.5) is 19.0 Å². The first kappa shape index (κ1) is 18.7. The first-order valence-electron chi connectivity index (χ1n) is 7.91. The molecule has 8 heteroatoms. The summed E-state index contributed by atoms with van der Waals surface area (Å²) in [5.74, 6) is -0.264. The number of rotatable bonds is 2. The minimum atomic E-state index is -4.62. The monoisotopic (exact) mass is 380 g/mol. The molecule has 0 saturated heterocycles. The van der Waals surface area contributed by atoms with Crippen LogP contribution in [-0.2, 0) is 6.18 Å². The lowest BCUT2D eigenvalue weighted by Crippen LogP contribution is -2.16. The molecule has 5 nitrogen and oxygen atoms in total. The van der Waals surface area contributed by atoms with Gasteiger partial charge in [0.05, 0.1) is 5.56 Å². The maximum Gasteiger partial charge on any atom is 0.417 e. The van der Waals surface area contributed by atoms with Gasteiger partial charge in [-0.05, 0) is 22.8 Å². The van der Waals surface area contributed by atoms with Gasteiger partial charge in [0.15, 0.2) is 0 Å². The predicted molar refractivity (Wildman–Crippen MR) is 96.8 cm³/mol. The molecule has 3 rings (SSSR count). The SMILES string of the molecule is N#Cc1c(N)[nH]c(=O)c(C#N)c1-c1ccccc1-c1ccccc1C(F)(F)F. The van der Waals surface area contributed by atoms with Crippen molar-refractivity contribution in [2.75, 3.05) is 5.73 Å². The van der Waals surface area contributed by atoms with Crippen molar-refractivity contribution in [1.82, 2.24) is 4.98 Å². The molecule has 0 radical (unpaired) electrons. The summed E-state index contributed by atoms with van der Waals surface area (Å²) >= 11 is 0. The van der Waals surface area contributed by atoms with Crippen LogP contribution in [0.2, 0.25) is 0 Å². The first-order chi connectivity index (χ1) is 13.3. The second kappa shape index (κ2) is 6.93. The van der Waals surface area contributed by atoms with Crippen LogP contribution < -0.4 is 11.3 Å². The minimum absolute atomic E-state index is 0.0983. The molecule has 2 aromatic carbocycles. The minimum Gasteiger partial charge on any atom is -0.384 e. The van der Waals surface area contributed by atoms with Gasteiger partial charge in [-0.3, -0.25) is 4.79 Å². The Hall–Kier alpha value is -4.04. The van der Waals surface area contributed by atoms with Crippen molar-refractivity contribution in [2.24, 2.45) is 0 Å². The Labute approximate surface area is 157 Å². The number of H-pyrrole nitrogens is 1. The van der Waals surface area contributed by atoms with Gasteiger partial charge in [-0.1, -0.05) is 42.5 Å². The summed E-state index contributed by atoms with van der Waals surface area (Å²) in [6.45, 7) is 0. The number of nitrogens with zero attached hydrogens (tertiary/aromatic N) is 2. The second-order valence-corrected chi connectivity index (χ2v) is 5.81. The lowest BCUT2D eigenvalue weighted by atomic mass is 9.88. The van der Waals surface area contributed by atoms with Crippen molar-refractivity contribution < 1.29 is 13.2 Å². The van der Waals surface area contributed by atoms with Crippen LogP contribution in [0.15, 0.2) is 53.3 Å². The largest absolute Gasteiger partial charge is 0.417 e. The molecular weight excluding hydrogens is 369 g/mol. The standard InChI is InChI=1S/C20H11F3N4O/c21-20(22,23)16-8-4-3-6-12(16)11-5-1-2-7-13(11)17-14(9-24)18(26)27-19(28)15(17)10-25/h1-8H,(H3,26,27,28). The summed E-state index contributed by atoms with van der Waals surface area (Å²) in [4.78, 5) is 14.4. The molecule has 138 valence electrons. The van der Waals surface area contributed by atoms with Crippen LogP contribution >= 0.6 is 0 Å². The van der Waals surface area contributed by atoms with Gasteiger partial charge < -0.3 is 10.7 Å². The zero-order valence-corrected chi connectivity index (χ0v) is 14.1. The molecule has 0 bridgehead atoms. The highest BCUT2D eigenvalue weighted by atomic mass is 19.4. The molecule has 0 aliphatic rings. The molecule has 28 heavy (non-hydrogen) atoms. The number of nitrogens with two attached hydrogens (primary N) is 1. The number of hydrogen-bond acceptors (Lipinski definition) is 4. The molecule has 0 amide bonds. The third kappa shape index (κ3) is 3.08. The third-order valence-electron chi connectivity index (χ3n) is 4.19. The highest BCUT2D eigenvalue weighted by Gasteiger charge is 2.34. The first-order valence-corrected chi connectivity index (χ1v) is 7.91. The topological polar surface area (TPSA) is 106 Å². The molecule has 0 unspecified atom stereocenters. The fourth-order valence-electron chi connectivity index (χ4n) is 3.01. The molecule has 0 aliphatic heterocycles. The quantitative estimate of drug-likeness (QED) is 0.699. The Bertz CT molecular complexity index is 1210. The van der Waals surface area contributed by atoms with Crippen LogP contribution in [0.5, 0.6) is 0 Å². The fourth-order valence-corrected chi connectivity index (χ4v) is 3.01. The number of alkyl halides is 3. The molecule has 1 heterocycles. The summed E-state index contributed by atoms with van der Waals surface area (Å²) in [5, 5.41) is 18.9. The number of pyridine rings is 1. The normalized spacial score (nSPS) is 10.9. The smallest absolute Gasteiger partial charge is 0.384 e. The Balaban J connectivity index is 2.46. The molecular formula is C20H11F3N4O. The van der Waals surface area contributed by atoms with Crippen LogP contribution in [0, 0.1) is 22.7 Å². The number of nitriles is 2. The van der Waals surface area contributed by atoms with E-state index in [0.29, 0.717) is 0 Å². The van der Waals surface area contributed by atoms with Crippen molar-refractivity contribution >= 4 is 5.82 Å². The van der Waals surface area contributed by atoms with E-state index in [2.05, 4.69) is 4.98 Å². The van der Waals surface area contributed by atoms with E-state index in [4.69, 9.17) is 5.73 Å². The maximum atomic E-state index is 13.5. The van der Waals surface area contributed by atoms with Crippen molar-refractivity contribution in [2.45, 2.75) is 6.18 Å². The lowest BCUT2D eigenvalue weighted by Gasteiger charge is -2.17. The van der Waals surface area contributed by atoms with E-state index in [1.165, 1.54) is 42.5 Å². The number of benzene rings is 2. The van der Waals surface area contributed by atoms with Gasteiger partial charge in [0.1, 0.15) is 29.1 Å². The summed E-state index contributed by atoms with van der Waals surface area (Å²) in [5.41, 5.74) is 3.43. The molecule has 0 spiro atoms. The Morgan fingerprint density at radius 3 is 1.96 bits per heavy atom. The van der Waals surface area contributed by atoms with E-state index < -0.39 is 22.9 Å². The van der Waals surface area contributed by atoms with Gasteiger partial charge in [0.2, 0.25) is 0 Å². The molecule has 1 aromatic heterocycles. The van der Waals surface area contributed by atoms with Gasteiger partial charge in [-0.2, -0.15) is 23.7 Å². The molecule has 3 aromatic rings. The summed E-state index contributed by atoms with van der Waals surface area (Å²) in [6, 6.07) is 14.4. The summed E-state index contributed by atoms with van der Waals surface area (Å²) in [6.07, 6.45) is -4.62. The zero-order valence-electron chi connectivity index (χ0n) is 14.1. The highest BCUT2D eigenvalue weighted by Crippen LogP contribution is 2.42. The van der Waals surface area contributed by atoms with Crippen LogP contribution in [0.25, 0.3) is 22.3 Å². The number of aromatic amines is 1. The van der Waals surface area contributed by atoms with Gasteiger partial charge in [-0.25, -0.2) is 0 Å². The van der Waals surface area contributed by atoms with E-state index in [1.807, 2.05) is 6.07 Å². The zero-order chi connectivity index (χ0) is 20.5. The van der Waals surface area contributed by atoms with E-state index in [0.717, 1.165) is 6.07 Å². The lowest BCUT2D eigenvalue weighted by molar-refractivity contribution is -0.137.